The summed E-state index contributed by atoms with van der Waals surface area (Å²) in [6.07, 6.45) is 0. The number of amides is 1. The molecule has 2 aromatic heterocycles. The van der Waals surface area contributed by atoms with Gasteiger partial charge in [0.2, 0.25) is 0 Å². The van der Waals surface area contributed by atoms with Crippen LogP contribution in [0.1, 0.15) is 10.4 Å². The molecule has 0 unspecified atom stereocenters. The number of carbonyl (C=O) groups is 1. The molecule has 3 rings (SSSR count). The Morgan fingerprint density at radius 3 is 2.79 bits per heavy atom. The van der Waals surface area contributed by atoms with Gasteiger partial charge in [-0.2, -0.15) is 0 Å². The van der Waals surface area contributed by atoms with Crippen LogP contribution in [0.2, 0.25) is 0 Å². The second-order valence-electron chi connectivity index (χ2n) is 4.71. The van der Waals surface area contributed by atoms with E-state index < -0.39 is 10.8 Å². The standard InChI is InChI=1S/C15H12N4O3S2/c1-16-10-5-4-9(7-12(10)19(21)22)14(20)18-15-17-11(8-24-15)13-3-2-6-23-13/h2-8,16H,1H3,(H,17,18,20). The summed E-state index contributed by atoms with van der Waals surface area (Å²) in [5.74, 6) is -0.437. The quantitative estimate of drug-likeness (QED) is 0.528. The lowest BCUT2D eigenvalue weighted by atomic mass is 10.1. The third-order valence-electron chi connectivity index (χ3n) is 3.22. The maximum atomic E-state index is 12.3. The highest BCUT2D eigenvalue weighted by Crippen LogP contribution is 2.29. The van der Waals surface area contributed by atoms with Gasteiger partial charge >= 0.3 is 0 Å². The van der Waals surface area contributed by atoms with Crippen LogP contribution in [0.4, 0.5) is 16.5 Å². The average molecular weight is 360 g/mol. The molecule has 0 aliphatic carbocycles. The number of anilines is 2. The molecule has 0 bridgehead atoms. The minimum absolute atomic E-state index is 0.149. The topological polar surface area (TPSA) is 97.2 Å². The van der Waals surface area contributed by atoms with Crippen molar-refractivity contribution in [1.29, 1.82) is 0 Å². The van der Waals surface area contributed by atoms with Gasteiger partial charge in [0.05, 0.1) is 15.5 Å². The van der Waals surface area contributed by atoms with Crippen LogP contribution in [-0.2, 0) is 0 Å². The first-order chi connectivity index (χ1) is 11.6. The van der Waals surface area contributed by atoms with Crippen LogP contribution in [0.5, 0.6) is 0 Å². The first-order valence-electron chi connectivity index (χ1n) is 6.85. The Balaban J connectivity index is 1.80. The second kappa shape index (κ2) is 6.77. The van der Waals surface area contributed by atoms with Crippen LogP contribution >= 0.6 is 22.7 Å². The zero-order valence-electron chi connectivity index (χ0n) is 12.5. The average Bonchev–Trinajstić information content (AvgIpc) is 3.25. The van der Waals surface area contributed by atoms with Crippen LogP contribution in [0, 0.1) is 10.1 Å². The highest BCUT2D eigenvalue weighted by Gasteiger charge is 2.17. The van der Waals surface area contributed by atoms with E-state index >= 15 is 0 Å². The molecule has 3 aromatic rings. The van der Waals surface area contributed by atoms with Gasteiger partial charge in [-0.25, -0.2) is 4.98 Å². The Morgan fingerprint density at radius 1 is 1.29 bits per heavy atom. The maximum absolute atomic E-state index is 12.3. The van der Waals surface area contributed by atoms with Gasteiger partial charge in [0.15, 0.2) is 5.13 Å². The summed E-state index contributed by atoms with van der Waals surface area (Å²) in [7, 11) is 1.59. The van der Waals surface area contributed by atoms with E-state index in [0.29, 0.717) is 10.8 Å². The summed E-state index contributed by atoms with van der Waals surface area (Å²) < 4.78 is 0. The summed E-state index contributed by atoms with van der Waals surface area (Å²) in [5, 5.41) is 20.7. The van der Waals surface area contributed by atoms with Crippen molar-refractivity contribution in [2.24, 2.45) is 0 Å². The van der Waals surface area contributed by atoms with Gasteiger partial charge in [-0.3, -0.25) is 20.2 Å². The molecule has 24 heavy (non-hydrogen) atoms. The Kier molecular flexibility index (Phi) is 4.54. The lowest BCUT2D eigenvalue weighted by Gasteiger charge is -2.05. The minimum atomic E-state index is -0.527. The molecule has 0 spiro atoms. The fourth-order valence-corrected chi connectivity index (χ4v) is 3.54. The smallest absolute Gasteiger partial charge is 0.293 e. The van der Waals surface area contributed by atoms with E-state index in [1.807, 2.05) is 22.9 Å². The number of rotatable bonds is 5. The van der Waals surface area contributed by atoms with Gasteiger partial charge in [0.1, 0.15) is 5.69 Å². The molecule has 0 aliphatic heterocycles. The highest BCUT2D eigenvalue weighted by atomic mass is 32.1. The Hall–Kier alpha value is -2.78. The number of aromatic nitrogens is 1. The highest BCUT2D eigenvalue weighted by molar-refractivity contribution is 7.16. The van der Waals surface area contributed by atoms with Crippen LogP contribution < -0.4 is 10.6 Å². The molecule has 1 amide bonds. The molecule has 0 fully saturated rings. The molecule has 1 aromatic carbocycles. The van der Waals surface area contributed by atoms with Crippen LogP contribution in [0.25, 0.3) is 10.6 Å². The molecular formula is C15H12N4O3S2. The SMILES string of the molecule is CNc1ccc(C(=O)Nc2nc(-c3cccs3)cs2)cc1[N+](=O)[O-]. The first kappa shape index (κ1) is 16.1. The van der Waals surface area contributed by atoms with Gasteiger partial charge in [-0.05, 0) is 23.6 Å². The number of nitrogens with zero attached hydrogens (tertiary/aromatic N) is 2. The molecule has 7 nitrogen and oxygen atoms in total. The van der Waals surface area contributed by atoms with Gasteiger partial charge in [0.25, 0.3) is 11.6 Å². The molecule has 0 saturated heterocycles. The number of thiazole rings is 1. The maximum Gasteiger partial charge on any atom is 0.293 e. The van der Waals surface area contributed by atoms with Gasteiger partial charge in [-0.15, -0.1) is 22.7 Å². The molecule has 0 radical (unpaired) electrons. The predicted molar refractivity (Wildman–Crippen MR) is 96.0 cm³/mol. The summed E-state index contributed by atoms with van der Waals surface area (Å²) >= 11 is 2.87. The zero-order valence-corrected chi connectivity index (χ0v) is 14.1. The first-order valence-corrected chi connectivity index (χ1v) is 8.61. The molecular weight excluding hydrogens is 348 g/mol. The van der Waals surface area contributed by atoms with Gasteiger partial charge < -0.3 is 5.32 Å². The molecule has 0 aliphatic rings. The van der Waals surface area contributed by atoms with E-state index in [2.05, 4.69) is 15.6 Å². The summed E-state index contributed by atoms with van der Waals surface area (Å²) in [6.45, 7) is 0. The monoisotopic (exact) mass is 360 g/mol. The fraction of sp³-hybridized carbons (Fsp3) is 0.0667. The van der Waals surface area contributed by atoms with Crippen molar-refractivity contribution in [2.45, 2.75) is 0 Å². The summed E-state index contributed by atoms with van der Waals surface area (Å²) in [6, 6.07) is 8.16. The Morgan fingerprint density at radius 2 is 2.12 bits per heavy atom. The number of benzene rings is 1. The second-order valence-corrected chi connectivity index (χ2v) is 6.51. The lowest BCUT2D eigenvalue weighted by molar-refractivity contribution is -0.384. The van der Waals surface area contributed by atoms with Crippen molar-refractivity contribution in [3.05, 3.63) is 56.8 Å². The van der Waals surface area contributed by atoms with Crippen LogP contribution in [0.3, 0.4) is 0 Å². The number of nitro groups is 1. The van der Waals surface area contributed by atoms with Crippen LogP contribution in [-0.4, -0.2) is 22.9 Å². The molecule has 2 heterocycles. The van der Waals surface area contributed by atoms with E-state index in [1.54, 1.807) is 18.4 Å². The zero-order chi connectivity index (χ0) is 17.1. The summed E-state index contributed by atoms with van der Waals surface area (Å²) in [4.78, 5) is 28.2. The predicted octanol–water partition coefficient (Wildman–Crippen LogP) is 4.07. The van der Waals surface area contributed by atoms with E-state index in [1.165, 1.54) is 29.5 Å². The molecule has 0 saturated carbocycles. The minimum Gasteiger partial charge on any atom is -0.383 e. The van der Waals surface area contributed by atoms with E-state index in [9.17, 15) is 14.9 Å². The Bertz CT molecular complexity index is 890. The third-order valence-corrected chi connectivity index (χ3v) is 4.87. The number of hydrogen-bond donors (Lipinski definition) is 2. The fourth-order valence-electron chi connectivity index (χ4n) is 2.07. The molecule has 2 N–H and O–H groups in total. The van der Waals surface area contributed by atoms with E-state index in [4.69, 9.17) is 0 Å². The largest absolute Gasteiger partial charge is 0.383 e. The lowest BCUT2D eigenvalue weighted by Crippen LogP contribution is -2.12. The molecule has 0 atom stereocenters. The Labute approximate surface area is 145 Å². The number of nitrogens with one attached hydrogen (secondary N) is 2. The third kappa shape index (κ3) is 3.26. The van der Waals surface area contributed by atoms with Gasteiger partial charge in [-0.1, -0.05) is 6.07 Å². The van der Waals surface area contributed by atoms with Crippen molar-refractivity contribution >= 4 is 45.1 Å². The van der Waals surface area contributed by atoms with Crippen molar-refractivity contribution in [1.82, 2.24) is 4.98 Å². The molecule has 9 heteroatoms. The number of thiophene rings is 1. The van der Waals surface area contributed by atoms with E-state index in [0.717, 1.165) is 10.6 Å². The number of nitro benzene ring substituents is 1. The molecule has 122 valence electrons. The normalized spacial score (nSPS) is 10.4. The van der Waals surface area contributed by atoms with Crippen molar-refractivity contribution in [3.8, 4) is 10.6 Å². The van der Waals surface area contributed by atoms with Crippen molar-refractivity contribution in [3.63, 3.8) is 0 Å². The van der Waals surface area contributed by atoms with Crippen molar-refractivity contribution in [2.75, 3.05) is 17.7 Å². The number of carbonyl (C=O) groups excluding carboxylic acids is 1. The van der Waals surface area contributed by atoms with E-state index in [-0.39, 0.29) is 11.3 Å². The van der Waals surface area contributed by atoms with Crippen molar-refractivity contribution < 1.29 is 9.72 Å². The van der Waals surface area contributed by atoms with Crippen LogP contribution in [0.15, 0.2) is 41.1 Å². The van der Waals surface area contributed by atoms with Gasteiger partial charge in [0, 0.05) is 24.1 Å². The number of hydrogen-bond acceptors (Lipinski definition) is 7. The summed E-state index contributed by atoms with van der Waals surface area (Å²) in [5.41, 5.74) is 1.20.